The number of carbonyl (C=O) groups is 2. The number of rotatable bonds is 11. The van der Waals surface area contributed by atoms with Crippen molar-refractivity contribution in [2.45, 2.75) is 32.6 Å². The summed E-state index contributed by atoms with van der Waals surface area (Å²) in [6, 6.07) is 23.1. The molecule has 0 unspecified atom stereocenters. The third-order valence-corrected chi connectivity index (χ3v) is 9.57. The van der Waals surface area contributed by atoms with E-state index in [4.69, 9.17) is 10.5 Å². The molecule has 0 radical (unpaired) electrons. The molecule has 0 saturated carbocycles. The second kappa shape index (κ2) is 16.2. The Hall–Kier alpha value is -7.37. The van der Waals surface area contributed by atoms with Crippen LogP contribution < -0.4 is 15.8 Å². The van der Waals surface area contributed by atoms with Crippen LogP contribution in [0.2, 0.25) is 0 Å². The summed E-state index contributed by atoms with van der Waals surface area (Å²) in [6.07, 6.45) is 0. The number of ether oxygens (including phenoxy) is 1. The molecule has 16 nitrogen and oxygen atoms in total. The van der Waals surface area contributed by atoms with Crippen LogP contribution in [0.25, 0.3) is 10.8 Å². The third kappa shape index (κ3) is 8.96. The van der Waals surface area contributed by atoms with Gasteiger partial charge in [0.05, 0.1) is 28.4 Å². The Bertz CT molecular complexity index is 2790. The van der Waals surface area contributed by atoms with Crippen LogP contribution in [0.15, 0.2) is 127 Å². The highest BCUT2D eigenvalue weighted by molar-refractivity contribution is 7.86. The van der Waals surface area contributed by atoms with Gasteiger partial charge < -0.3 is 26.0 Å². The molecule has 6 rings (SSSR count). The quantitative estimate of drug-likeness (QED) is 0.0362. The van der Waals surface area contributed by atoms with Gasteiger partial charge in [-0.1, -0.05) is 0 Å². The zero-order valence-corrected chi connectivity index (χ0v) is 31.6. The summed E-state index contributed by atoms with van der Waals surface area (Å²) in [5.74, 6) is -1.23. The van der Waals surface area contributed by atoms with Crippen molar-refractivity contribution in [3.05, 3.63) is 119 Å². The number of aromatic hydroxyl groups is 2. The molecule has 1 amide bonds. The van der Waals surface area contributed by atoms with E-state index in [1.165, 1.54) is 36.4 Å². The second-order valence-electron chi connectivity index (χ2n) is 12.9. The first-order valence-electron chi connectivity index (χ1n) is 17.0. The lowest BCUT2D eigenvalue weighted by molar-refractivity contribution is -0.120. The van der Waals surface area contributed by atoms with Gasteiger partial charge in [0.2, 0.25) is 0 Å². The molecule has 0 atom stereocenters. The van der Waals surface area contributed by atoms with E-state index in [-0.39, 0.29) is 28.7 Å². The fourth-order valence-corrected chi connectivity index (χ4v) is 6.25. The molecule has 6 aromatic carbocycles. The molecule has 6 aromatic rings. The maximum Gasteiger partial charge on any atom is 0.298 e. The van der Waals surface area contributed by atoms with E-state index in [2.05, 4.69) is 36.0 Å². The van der Waals surface area contributed by atoms with Gasteiger partial charge in [-0.25, -0.2) is 0 Å². The smallest absolute Gasteiger partial charge is 0.298 e. The van der Waals surface area contributed by atoms with Crippen molar-refractivity contribution in [1.82, 2.24) is 0 Å². The number of phenolic OH excluding ortho intramolecular Hbond substituents is 2. The Morgan fingerprint density at radius 3 is 1.79 bits per heavy atom. The average molecular weight is 787 g/mol. The van der Waals surface area contributed by atoms with Crippen LogP contribution in [0.3, 0.4) is 0 Å². The number of amides is 1. The highest BCUT2D eigenvalue weighted by atomic mass is 32.2. The summed E-state index contributed by atoms with van der Waals surface area (Å²) in [5.41, 5.74) is 11.5. The summed E-state index contributed by atoms with van der Waals surface area (Å²) in [4.78, 5) is 22.7. The van der Waals surface area contributed by atoms with E-state index in [0.29, 0.717) is 56.5 Å². The number of nitrogens with one attached hydrogen (secondary N) is 1. The summed E-state index contributed by atoms with van der Waals surface area (Å²) in [6.45, 7) is 7.41. The largest absolute Gasteiger partial charge is 0.505 e. The number of hydrogen-bond donors (Lipinski definition) is 5. The van der Waals surface area contributed by atoms with Gasteiger partial charge >= 0.3 is 0 Å². The average Bonchev–Trinajstić information content (AvgIpc) is 3.16. The van der Waals surface area contributed by atoms with Crippen molar-refractivity contribution < 1.29 is 37.5 Å². The molecule has 288 valence electrons. The van der Waals surface area contributed by atoms with Crippen molar-refractivity contribution >= 4 is 78.8 Å². The number of anilines is 2. The Kier molecular flexibility index (Phi) is 11.1. The van der Waals surface area contributed by atoms with Crippen LogP contribution in [0, 0.1) is 27.7 Å². The predicted octanol–water partition coefficient (Wildman–Crippen LogP) is 10.3. The monoisotopic (exact) mass is 786 g/mol. The summed E-state index contributed by atoms with van der Waals surface area (Å²) < 4.78 is 39.8. The van der Waals surface area contributed by atoms with Crippen molar-refractivity contribution in [3.63, 3.8) is 0 Å². The Morgan fingerprint density at radius 2 is 1.25 bits per heavy atom. The summed E-state index contributed by atoms with van der Waals surface area (Å²) >= 11 is 0. The van der Waals surface area contributed by atoms with Gasteiger partial charge in [0.15, 0.2) is 17.2 Å². The Labute approximate surface area is 325 Å². The number of nitrogens with zero attached hydrogens (tertiary/aromatic N) is 6. The first-order valence-corrected chi connectivity index (χ1v) is 18.4. The van der Waals surface area contributed by atoms with E-state index < -0.39 is 32.4 Å². The number of benzene rings is 6. The first kappa shape index (κ1) is 39.3. The molecule has 0 aliphatic carbocycles. The minimum atomic E-state index is -4.90. The maximum absolute atomic E-state index is 12.7. The molecule has 0 aliphatic rings. The highest BCUT2D eigenvalue weighted by Gasteiger charge is 2.23. The fourth-order valence-electron chi connectivity index (χ4n) is 5.60. The number of phenols is 2. The highest BCUT2D eigenvalue weighted by Crippen LogP contribution is 2.43. The van der Waals surface area contributed by atoms with Crippen LogP contribution >= 0.6 is 0 Å². The van der Waals surface area contributed by atoms with Crippen molar-refractivity contribution in [2.75, 3.05) is 11.1 Å². The number of aryl methyl sites for hydroxylation is 4. The van der Waals surface area contributed by atoms with Gasteiger partial charge in [-0.3, -0.25) is 14.1 Å². The molecule has 0 aliphatic heterocycles. The van der Waals surface area contributed by atoms with Crippen molar-refractivity contribution in [1.29, 1.82) is 0 Å². The lowest BCUT2D eigenvalue weighted by Crippen LogP contribution is -2.11. The lowest BCUT2D eigenvalue weighted by atomic mass is 10.1. The molecule has 57 heavy (non-hydrogen) atoms. The van der Waals surface area contributed by atoms with Crippen LogP contribution in [-0.4, -0.2) is 35.6 Å². The van der Waals surface area contributed by atoms with E-state index in [1.54, 1.807) is 62.4 Å². The maximum atomic E-state index is 12.7. The third-order valence-electron chi connectivity index (χ3n) is 8.70. The minimum absolute atomic E-state index is 0.0434. The van der Waals surface area contributed by atoms with Crippen LogP contribution in [0.5, 0.6) is 17.2 Å². The molecular weight excluding hydrogens is 753 g/mol. The lowest BCUT2D eigenvalue weighted by Gasteiger charge is -2.11. The zero-order chi connectivity index (χ0) is 41.0. The van der Waals surface area contributed by atoms with Gasteiger partial charge in [0.1, 0.15) is 10.6 Å². The number of azo groups is 3. The van der Waals surface area contributed by atoms with Crippen molar-refractivity contribution in [3.8, 4) is 17.2 Å². The number of fused-ring (bicyclic) bond motifs is 1. The van der Waals surface area contributed by atoms with E-state index in [1.807, 2.05) is 13.8 Å². The van der Waals surface area contributed by atoms with Gasteiger partial charge in [-0.2, -0.15) is 34.0 Å². The minimum Gasteiger partial charge on any atom is -0.505 e. The molecule has 6 N–H and O–H groups in total. The topological polar surface area (TPSA) is 250 Å². The fraction of sp³-hybridized carbons (Fsp3) is 0.100. The number of nitrogens with two attached hydrogens (primary N) is 1. The number of hydrogen-bond acceptors (Lipinski definition) is 14. The molecule has 0 bridgehead atoms. The summed E-state index contributed by atoms with van der Waals surface area (Å²) in [7, 11) is -4.90. The normalized spacial score (nSPS) is 11.9. The molecule has 0 saturated heterocycles. The summed E-state index contributed by atoms with van der Waals surface area (Å²) in [5, 5.41) is 49.8. The molecule has 17 heteroatoms. The Balaban J connectivity index is 1.23. The van der Waals surface area contributed by atoms with Gasteiger partial charge in [0.25, 0.3) is 22.5 Å². The van der Waals surface area contributed by atoms with Crippen LogP contribution in [-0.2, 0) is 14.9 Å². The molecular formula is C40H34N8O8S. The predicted molar refractivity (Wildman–Crippen MR) is 213 cm³/mol. The first-order chi connectivity index (χ1) is 27.1. The molecule has 0 fully saturated rings. The van der Waals surface area contributed by atoms with Crippen molar-refractivity contribution in [2.24, 2.45) is 30.7 Å². The van der Waals surface area contributed by atoms with E-state index in [9.17, 15) is 32.8 Å². The second-order valence-corrected chi connectivity index (χ2v) is 14.3. The molecule has 0 heterocycles. The van der Waals surface area contributed by atoms with Crippen LogP contribution in [0.1, 0.15) is 32.6 Å². The number of carbonyl (C=O) groups excluding carboxylic acids is 2. The SMILES string of the molecule is Cc1cc(N=Nc2cc(C)c(N=Nc3c(S(=O)(=O)O)cc4cc(NC(=O)c5ccc(N)cc5)ccc4c3O)cc2C)c(C)cc1N=Nc1ccc(O)c(OC=O)c1. The molecule has 0 spiro atoms. The number of nitrogen functional groups attached to an aromatic ring is 1. The van der Waals surface area contributed by atoms with E-state index in [0.717, 1.165) is 17.2 Å². The van der Waals surface area contributed by atoms with Crippen LogP contribution in [0.4, 0.5) is 45.5 Å². The zero-order valence-electron chi connectivity index (χ0n) is 30.8. The van der Waals surface area contributed by atoms with Gasteiger partial charge in [0, 0.05) is 28.4 Å². The van der Waals surface area contributed by atoms with Gasteiger partial charge in [-0.05, 0) is 140 Å². The van der Waals surface area contributed by atoms with Gasteiger partial charge in [-0.15, -0.1) is 5.11 Å². The van der Waals surface area contributed by atoms with E-state index >= 15 is 0 Å². The molecule has 0 aromatic heterocycles. The Morgan fingerprint density at radius 1 is 0.702 bits per heavy atom. The standard InChI is InChI=1S/C40H34N8O8S/c1-21-14-32(22(2)13-31(21)44-43-29-10-12-35(50)36(19-29)56-20-49)45-46-33-15-24(4)34(16-23(33)3)47-48-38-37(57(53,54)55)18-26-17-28(9-11-30(26)39(38)51)42-40(52)25-5-7-27(41)8-6-25/h5-20,50-51H,41H2,1-4H3,(H,42,52)(H,53,54,55).